The van der Waals surface area contributed by atoms with Crippen molar-refractivity contribution >= 4 is 5.97 Å². The van der Waals surface area contributed by atoms with Gasteiger partial charge in [0.05, 0.1) is 79.9 Å². The van der Waals surface area contributed by atoms with Crippen LogP contribution in [-0.4, -0.2) is 216 Å². The molecule has 5 heterocycles. The summed E-state index contributed by atoms with van der Waals surface area (Å²) in [6.45, 7) is 17.5. The van der Waals surface area contributed by atoms with Gasteiger partial charge in [0.2, 0.25) is 5.79 Å². The average Bonchev–Trinajstić information content (AvgIpc) is 3.44. The van der Waals surface area contributed by atoms with E-state index in [-0.39, 0.29) is 50.2 Å². The molecule has 25 atom stereocenters. The normalized spacial score (nSPS) is 46.8. The van der Waals surface area contributed by atoms with Crippen LogP contribution in [0.25, 0.3) is 0 Å². The number of carbonyl (C=O) groups excluding carboxylic acids is 1. The SMILES string of the molecule is COC[C@@H](C[C@H]1O[C@@](O)([C@H]2OC(=O)/C(C)=C/C(C)=C/C(C)=C/[C@@H](C)C(O[C@@H]3O[C@@H](C)[C@H](OC)[C@@H](O)[C@@H]3O)/C=C\C(C)=C\CC[C@@H](O)C(OC)C[C@H]2O)[C@H](C)[C@@H](O)[C@H]1C)O[C@H]1C[C@H](O)[C@@H](O[C@H]2C[C@@H](OC)[C@H](O)[C@@H](C)O2)[C@H](C)O1. The number of hydrogen-bond acceptors (Lipinski definition) is 21. The Labute approximate surface area is 461 Å². The minimum atomic E-state index is -2.53. The fraction of sp³-hybridized carbons (Fsp3) is 0.807. The molecule has 0 aromatic carbocycles. The van der Waals surface area contributed by atoms with Crippen LogP contribution in [0.3, 0.4) is 0 Å². The molecule has 21 heteroatoms. The fourth-order valence-electron chi connectivity index (χ4n) is 11.3. The maximum atomic E-state index is 14.3. The van der Waals surface area contributed by atoms with Crippen LogP contribution in [-0.2, 0) is 61.6 Å². The van der Waals surface area contributed by atoms with Gasteiger partial charge < -0.3 is 97.7 Å². The summed E-state index contributed by atoms with van der Waals surface area (Å²) in [4.78, 5) is 14.3. The molecule has 8 N–H and O–H groups in total. The van der Waals surface area contributed by atoms with Crippen LogP contribution in [0.1, 0.15) is 108 Å². The van der Waals surface area contributed by atoms with Gasteiger partial charge in [0.1, 0.15) is 30.5 Å². The van der Waals surface area contributed by atoms with Gasteiger partial charge in [-0.25, -0.2) is 4.79 Å². The van der Waals surface area contributed by atoms with Crippen LogP contribution >= 0.6 is 0 Å². The van der Waals surface area contributed by atoms with E-state index in [1.54, 1.807) is 40.7 Å². The summed E-state index contributed by atoms with van der Waals surface area (Å²) in [5.74, 6) is -5.53. The van der Waals surface area contributed by atoms with Gasteiger partial charge in [0, 0.05) is 77.4 Å². The summed E-state index contributed by atoms with van der Waals surface area (Å²) >= 11 is 0. The lowest BCUT2D eigenvalue weighted by atomic mass is 9.76. The van der Waals surface area contributed by atoms with Crippen molar-refractivity contribution in [2.75, 3.05) is 35.0 Å². The first-order valence-electron chi connectivity index (χ1n) is 27.5. The first kappa shape index (κ1) is 66.2. The highest BCUT2D eigenvalue weighted by atomic mass is 16.7. The molecule has 0 saturated carbocycles. The van der Waals surface area contributed by atoms with Crippen LogP contribution in [0.5, 0.6) is 0 Å². The Hall–Kier alpha value is -2.59. The van der Waals surface area contributed by atoms with E-state index in [0.29, 0.717) is 12.0 Å². The summed E-state index contributed by atoms with van der Waals surface area (Å²) in [5.41, 5.74) is 2.38. The van der Waals surface area contributed by atoms with Gasteiger partial charge in [-0.1, -0.05) is 67.9 Å². The zero-order valence-electron chi connectivity index (χ0n) is 48.2. The van der Waals surface area contributed by atoms with Crippen LogP contribution < -0.4 is 0 Å². The number of carbonyl (C=O) groups is 1. The third-order valence-electron chi connectivity index (χ3n) is 16.0. The third-order valence-corrected chi connectivity index (χ3v) is 16.0. The molecule has 2 unspecified atom stereocenters. The van der Waals surface area contributed by atoms with Gasteiger partial charge in [0.25, 0.3) is 0 Å². The van der Waals surface area contributed by atoms with E-state index >= 15 is 0 Å². The molecule has 0 aromatic rings. The zero-order valence-corrected chi connectivity index (χ0v) is 48.2. The van der Waals surface area contributed by atoms with Crippen LogP contribution in [0.4, 0.5) is 0 Å². The quantitative estimate of drug-likeness (QED) is 0.116. The summed E-state index contributed by atoms with van der Waals surface area (Å²) in [6, 6.07) is 0. The molecule has 448 valence electrons. The molecule has 0 radical (unpaired) electrons. The molecular formula is C57H94O21. The number of allylic oxidation sites excluding steroid dienone is 7. The van der Waals surface area contributed by atoms with Gasteiger partial charge in [-0.3, -0.25) is 0 Å². The molecular weight excluding hydrogens is 1020 g/mol. The number of ether oxygens (including phenoxy) is 12. The summed E-state index contributed by atoms with van der Waals surface area (Å²) in [6.07, 6.45) is -9.28. The molecule has 78 heavy (non-hydrogen) atoms. The lowest BCUT2D eigenvalue weighted by Crippen LogP contribution is -2.66. The number of hydrogen-bond donors (Lipinski definition) is 8. The molecule has 0 aliphatic carbocycles. The highest BCUT2D eigenvalue weighted by Crippen LogP contribution is 2.43. The van der Waals surface area contributed by atoms with Crippen molar-refractivity contribution in [2.24, 2.45) is 17.8 Å². The number of esters is 1. The first-order valence-corrected chi connectivity index (χ1v) is 27.5. The Kier molecular flexibility index (Phi) is 25.6. The summed E-state index contributed by atoms with van der Waals surface area (Å²) < 4.78 is 71.8. The van der Waals surface area contributed by atoms with Crippen LogP contribution in [0.15, 0.2) is 58.7 Å². The second kappa shape index (κ2) is 30.1. The van der Waals surface area contributed by atoms with E-state index < -0.39 is 152 Å². The topological polar surface area (TPSA) is 290 Å². The number of cyclic esters (lactones) is 1. The minimum Gasteiger partial charge on any atom is -0.450 e. The molecule has 0 aromatic heterocycles. The number of methoxy groups -OCH3 is 4. The lowest BCUT2D eigenvalue weighted by molar-refractivity contribution is -0.365. The van der Waals surface area contributed by atoms with E-state index in [9.17, 15) is 45.6 Å². The van der Waals surface area contributed by atoms with E-state index in [2.05, 4.69) is 0 Å². The number of aliphatic hydroxyl groups excluding tert-OH is 7. The van der Waals surface area contributed by atoms with Crippen molar-refractivity contribution in [1.82, 2.24) is 0 Å². The van der Waals surface area contributed by atoms with Crippen LogP contribution in [0.2, 0.25) is 0 Å². The Bertz CT molecular complexity index is 2020. The summed E-state index contributed by atoms with van der Waals surface area (Å²) in [7, 11) is 5.78. The monoisotopic (exact) mass is 1110 g/mol. The molecule has 21 nitrogen and oxygen atoms in total. The predicted molar refractivity (Wildman–Crippen MR) is 283 cm³/mol. The Balaban J connectivity index is 1.40. The number of rotatable bonds is 14. The van der Waals surface area contributed by atoms with Crippen molar-refractivity contribution in [3.8, 4) is 0 Å². The van der Waals surface area contributed by atoms with Crippen molar-refractivity contribution in [3.05, 3.63) is 58.7 Å². The molecule has 5 aliphatic rings. The van der Waals surface area contributed by atoms with E-state index in [4.69, 9.17) is 56.8 Å². The Morgan fingerprint density at radius 1 is 0.679 bits per heavy atom. The van der Waals surface area contributed by atoms with E-state index in [1.807, 2.05) is 51.2 Å². The fourth-order valence-corrected chi connectivity index (χ4v) is 11.3. The highest BCUT2D eigenvalue weighted by molar-refractivity contribution is 5.88. The van der Waals surface area contributed by atoms with Crippen LogP contribution in [0, 0.1) is 17.8 Å². The second-order valence-corrected chi connectivity index (χ2v) is 22.3. The van der Waals surface area contributed by atoms with Gasteiger partial charge in [0.15, 0.2) is 25.0 Å². The van der Waals surface area contributed by atoms with Gasteiger partial charge in [-0.15, -0.1) is 0 Å². The molecule has 5 aliphatic heterocycles. The van der Waals surface area contributed by atoms with Gasteiger partial charge in [-0.05, 0) is 67.4 Å². The zero-order chi connectivity index (χ0) is 57.9. The molecule has 4 saturated heterocycles. The van der Waals surface area contributed by atoms with Gasteiger partial charge in [-0.2, -0.15) is 0 Å². The second-order valence-electron chi connectivity index (χ2n) is 22.3. The highest BCUT2D eigenvalue weighted by Gasteiger charge is 2.58. The summed E-state index contributed by atoms with van der Waals surface area (Å²) in [5, 5.41) is 92.2. The van der Waals surface area contributed by atoms with E-state index in [0.717, 1.165) is 11.1 Å². The Morgan fingerprint density at radius 3 is 1.99 bits per heavy atom. The first-order chi connectivity index (χ1) is 36.8. The molecule has 0 amide bonds. The molecule has 4 fully saturated rings. The maximum absolute atomic E-state index is 14.3. The van der Waals surface area contributed by atoms with Crippen molar-refractivity contribution in [2.45, 2.75) is 242 Å². The van der Waals surface area contributed by atoms with Gasteiger partial charge >= 0.3 is 5.97 Å². The van der Waals surface area contributed by atoms with Crippen molar-refractivity contribution in [3.63, 3.8) is 0 Å². The third kappa shape index (κ3) is 17.0. The predicted octanol–water partition coefficient (Wildman–Crippen LogP) is 3.20. The minimum absolute atomic E-state index is 0.00168. The average molecular weight is 1120 g/mol. The van der Waals surface area contributed by atoms with E-state index in [1.165, 1.54) is 42.3 Å². The lowest BCUT2D eigenvalue weighted by Gasteiger charge is -2.51. The number of aliphatic hydroxyl groups is 8. The molecule has 0 spiro atoms. The smallest absolute Gasteiger partial charge is 0.334 e. The maximum Gasteiger partial charge on any atom is 0.334 e. The Morgan fingerprint density at radius 2 is 1.35 bits per heavy atom. The molecule has 0 bridgehead atoms. The standard InChI is InChI=1S/C57H94O21/c1-28-16-15-17-39(58)44(68-12)24-41(60)54(77-55(65)32(5)22-30(3)20-29(2)21-31(4)42(19-18-28)75-56-51(64)50(63)53(70-14)37(10)73-56)57(66)34(7)48(61)33(6)43(78-57)23-38(27-67-11)74-46-25-40(59)52(36(9)72-46)76-47-26-45(69-13)49(62)35(8)71-47/h16,18-22,31,33-54,56,58-64,66H,15,17,23-27H2,1-14H3/b19-18-,28-16+,29-21+,30-20+,32-22+/t31-,33+,34-,35-,36+,37+,38-,39-,40+,41-,42?,43-,44?,45-,46+,47+,48+,49-,50+,51+,52+,53+,54+,56+,57-/m1/s1. The molecule has 5 rings (SSSR count). The largest absolute Gasteiger partial charge is 0.450 e. The van der Waals surface area contributed by atoms with Crippen molar-refractivity contribution < 1.29 is 102 Å². The van der Waals surface area contributed by atoms with Crippen molar-refractivity contribution in [1.29, 1.82) is 0 Å².